The van der Waals surface area contributed by atoms with Crippen LogP contribution in [0.3, 0.4) is 0 Å². The molecule has 4 heteroatoms. The quantitative estimate of drug-likeness (QED) is 0.852. The summed E-state index contributed by atoms with van der Waals surface area (Å²) in [4.78, 5) is 17.4. The van der Waals surface area contributed by atoms with Gasteiger partial charge in [0.2, 0.25) is 5.91 Å². The van der Waals surface area contributed by atoms with E-state index in [1.54, 1.807) is 0 Å². The Morgan fingerprint density at radius 2 is 1.75 bits per heavy atom. The summed E-state index contributed by atoms with van der Waals surface area (Å²) >= 11 is 0. The minimum absolute atomic E-state index is 0.118. The Kier molecular flexibility index (Phi) is 5.44. The zero-order valence-electron chi connectivity index (χ0n) is 13.5. The molecule has 2 fully saturated rings. The summed E-state index contributed by atoms with van der Waals surface area (Å²) in [7, 11) is 0. The van der Waals surface area contributed by atoms with E-state index in [1.807, 2.05) is 0 Å². The van der Waals surface area contributed by atoms with Crippen molar-refractivity contribution in [2.24, 2.45) is 5.41 Å². The van der Waals surface area contributed by atoms with Gasteiger partial charge in [0, 0.05) is 24.5 Å². The Morgan fingerprint density at radius 3 is 2.25 bits per heavy atom. The summed E-state index contributed by atoms with van der Waals surface area (Å²) in [5, 5.41) is 3.36. The molecule has 0 aliphatic carbocycles. The predicted octanol–water partition coefficient (Wildman–Crippen LogP) is 1.71. The third-order valence-corrected chi connectivity index (χ3v) is 5.30. The van der Waals surface area contributed by atoms with Gasteiger partial charge in [-0.1, -0.05) is 20.8 Å². The van der Waals surface area contributed by atoms with E-state index in [-0.39, 0.29) is 5.41 Å². The number of hydrogen-bond donors (Lipinski definition) is 1. The first kappa shape index (κ1) is 15.8. The Labute approximate surface area is 123 Å². The summed E-state index contributed by atoms with van der Waals surface area (Å²) in [5.41, 5.74) is -0.118. The molecule has 1 N–H and O–H groups in total. The molecule has 2 saturated heterocycles. The fourth-order valence-corrected chi connectivity index (χ4v) is 3.75. The fourth-order valence-electron chi connectivity index (χ4n) is 3.75. The number of nitrogens with one attached hydrogen (secondary N) is 1. The van der Waals surface area contributed by atoms with Crippen molar-refractivity contribution in [1.29, 1.82) is 0 Å². The lowest BCUT2D eigenvalue weighted by Crippen LogP contribution is -2.52. The van der Waals surface area contributed by atoms with Gasteiger partial charge in [0.25, 0.3) is 0 Å². The minimum atomic E-state index is -0.118. The SMILES string of the molecule is CCN(CC)C1CCN(C(=O)C2(C)CCNCC2)CC1. The van der Waals surface area contributed by atoms with Gasteiger partial charge in [-0.3, -0.25) is 4.79 Å². The Hall–Kier alpha value is -0.610. The van der Waals surface area contributed by atoms with Crippen molar-refractivity contribution < 1.29 is 4.79 Å². The van der Waals surface area contributed by atoms with Gasteiger partial charge in [-0.25, -0.2) is 0 Å². The van der Waals surface area contributed by atoms with Crippen LogP contribution in [0.25, 0.3) is 0 Å². The van der Waals surface area contributed by atoms with E-state index in [0.29, 0.717) is 11.9 Å². The first-order valence-corrected chi connectivity index (χ1v) is 8.35. The van der Waals surface area contributed by atoms with Crippen molar-refractivity contribution in [3.8, 4) is 0 Å². The molecule has 0 aromatic rings. The van der Waals surface area contributed by atoms with Gasteiger partial charge in [0.05, 0.1) is 0 Å². The van der Waals surface area contributed by atoms with Crippen LogP contribution in [0.4, 0.5) is 0 Å². The Balaban J connectivity index is 1.88. The highest BCUT2D eigenvalue weighted by Gasteiger charge is 2.38. The number of rotatable bonds is 4. The average molecular weight is 281 g/mol. The van der Waals surface area contributed by atoms with Crippen LogP contribution in [0, 0.1) is 5.41 Å². The lowest BCUT2D eigenvalue weighted by Gasteiger charge is -2.42. The van der Waals surface area contributed by atoms with Crippen LogP contribution in [0.2, 0.25) is 0 Å². The first-order valence-electron chi connectivity index (χ1n) is 8.35. The largest absolute Gasteiger partial charge is 0.342 e. The summed E-state index contributed by atoms with van der Waals surface area (Å²) in [6.45, 7) is 12.7. The molecule has 0 saturated carbocycles. The number of nitrogens with zero attached hydrogens (tertiary/aromatic N) is 2. The molecule has 0 bridgehead atoms. The van der Waals surface area contributed by atoms with Crippen molar-refractivity contribution in [2.75, 3.05) is 39.3 Å². The molecular weight excluding hydrogens is 250 g/mol. The maximum absolute atomic E-state index is 12.8. The highest BCUT2D eigenvalue weighted by atomic mass is 16.2. The van der Waals surface area contributed by atoms with Crippen molar-refractivity contribution in [3.05, 3.63) is 0 Å². The van der Waals surface area contributed by atoms with Gasteiger partial charge in [0.1, 0.15) is 0 Å². The summed E-state index contributed by atoms with van der Waals surface area (Å²) in [6, 6.07) is 0.676. The number of carbonyl (C=O) groups excluding carboxylic acids is 1. The molecule has 0 atom stereocenters. The smallest absolute Gasteiger partial charge is 0.228 e. The van der Waals surface area contributed by atoms with Crippen LogP contribution in [0.1, 0.15) is 46.5 Å². The molecule has 0 radical (unpaired) electrons. The minimum Gasteiger partial charge on any atom is -0.342 e. The number of hydrogen-bond acceptors (Lipinski definition) is 3. The highest BCUT2D eigenvalue weighted by Crippen LogP contribution is 2.31. The van der Waals surface area contributed by atoms with Crippen LogP contribution < -0.4 is 5.32 Å². The maximum Gasteiger partial charge on any atom is 0.228 e. The van der Waals surface area contributed by atoms with Crippen molar-refractivity contribution >= 4 is 5.91 Å². The predicted molar refractivity (Wildman–Crippen MR) is 82.7 cm³/mol. The molecule has 0 unspecified atom stereocenters. The van der Waals surface area contributed by atoms with Crippen molar-refractivity contribution in [1.82, 2.24) is 15.1 Å². The number of likely N-dealkylation sites (tertiary alicyclic amines) is 1. The van der Waals surface area contributed by atoms with Crippen molar-refractivity contribution in [3.63, 3.8) is 0 Å². The Bertz CT molecular complexity index is 314. The molecule has 4 nitrogen and oxygen atoms in total. The number of carbonyl (C=O) groups is 1. The monoisotopic (exact) mass is 281 g/mol. The third-order valence-electron chi connectivity index (χ3n) is 5.30. The summed E-state index contributed by atoms with van der Waals surface area (Å²) in [5.74, 6) is 0.400. The second-order valence-electron chi connectivity index (χ2n) is 6.56. The van der Waals surface area contributed by atoms with Crippen LogP contribution in [0.15, 0.2) is 0 Å². The van der Waals surface area contributed by atoms with E-state index in [4.69, 9.17) is 0 Å². The van der Waals surface area contributed by atoms with Gasteiger partial charge in [-0.05, 0) is 51.9 Å². The molecule has 116 valence electrons. The fraction of sp³-hybridized carbons (Fsp3) is 0.938. The van der Waals surface area contributed by atoms with E-state index in [9.17, 15) is 4.79 Å². The lowest BCUT2D eigenvalue weighted by atomic mass is 9.79. The lowest BCUT2D eigenvalue weighted by molar-refractivity contribution is -0.144. The van der Waals surface area contributed by atoms with Crippen LogP contribution >= 0.6 is 0 Å². The second kappa shape index (κ2) is 6.90. The van der Waals surface area contributed by atoms with Gasteiger partial charge >= 0.3 is 0 Å². The molecule has 0 aromatic carbocycles. The molecule has 2 rings (SSSR count). The third kappa shape index (κ3) is 3.34. The van der Waals surface area contributed by atoms with E-state index >= 15 is 0 Å². The van der Waals surface area contributed by atoms with E-state index in [0.717, 1.165) is 65.0 Å². The van der Waals surface area contributed by atoms with Gasteiger partial charge in [-0.15, -0.1) is 0 Å². The molecule has 20 heavy (non-hydrogen) atoms. The maximum atomic E-state index is 12.8. The van der Waals surface area contributed by atoms with E-state index in [1.165, 1.54) is 0 Å². The van der Waals surface area contributed by atoms with Crippen LogP contribution in [-0.2, 0) is 4.79 Å². The Morgan fingerprint density at radius 1 is 1.20 bits per heavy atom. The summed E-state index contributed by atoms with van der Waals surface area (Å²) in [6.07, 6.45) is 4.26. The highest BCUT2D eigenvalue weighted by molar-refractivity contribution is 5.82. The molecule has 1 amide bonds. The normalized spacial score (nSPS) is 24.1. The molecule has 2 heterocycles. The van der Waals surface area contributed by atoms with Crippen LogP contribution in [-0.4, -0.2) is 61.0 Å². The van der Waals surface area contributed by atoms with Gasteiger partial charge < -0.3 is 15.1 Å². The second-order valence-corrected chi connectivity index (χ2v) is 6.56. The zero-order chi connectivity index (χ0) is 14.6. The molecular formula is C16H31N3O. The number of amides is 1. The van der Waals surface area contributed by atoms with E-state index < -0.39 is 0 Å². The topological polar surface area (TPSA) is 35.6 Å². The first-order chi connectivity index (χ1) is 9.60. The van der Waals surface area contributed by atoms with E-state index in [2.05, 4.69) is 35.9 Å². The summed E-state index contributed by atoms with van der Waals surface area (Å²) < 4.78 is 0. The molecule has 0 spiro atoms. The zero-order valence-corrected chi connectivity index (χ0v) is 13.5. The number of piperidine rings is 2. The van der Waals surface area contributed by atoms with Crippen molar-refractivity contribution in [2.45, 2.75) is 52.5 Å². The molecule has 2 aliphatic rings. The standard InChI is InChI=1S/C16H31N3O/c1-4-18(5-2)14-6-12-19(13-7-14)15(20)16(3)8-10-17-11-9-16/h14,17H,4-13H2,1-3H3. The van der Waals surface area contributed by atoms with Gasteiger partial charge in [-0.2, -0.15) is 0 Å². The van der Waals surface area contributed by atoms with Gasteiger partial charge in [0.15, 0.2) is 0 Å². The molecule has 2 aliphatic heterocycles. The van der Waals surface area contributed by atoms with Crippen LogP contribution in [0.5, 0.6) is 0 Å². The molecule has 0 aromatic heterocycles. The average Bonchev–Trinajstić information content (AvgIpc) is 2.49.